The first kappa shape index (κ1) is 18.3. The highest BCUT2D eigenvalue weighted by Gasteiger charge is 2.19. The first-order valence-electron chi connectivity index (χ1n) is 8.62. The summed E-state index contributed by atoms with van der Waals surface area (Å²) in [6.07, 6.45) is 1.75. The highest BCUT2D eigenvalue weighted by molar-refractivity contribution is 5.92. The van der Waals surface area contributed by atoms with Gasteiger partial charge < -0.3 is 10.1 Å². The molecule has 7 heteroatoms. The highest BCUT2D eigenvalue weighted by Crippen LogP contribution is 2.14. The molecule has 0 unspecified atom stereocenters. The second-order valence-corrected chi connectivity index (χ2v) is 6.29. The van der Waals surface area contributed by atoms with Crippen molar-refractivity contribution in [2.75, 3.05) is 45.2 Å². The SMILES string of the molecule is COc1cc(CN2CCN(CC(=O)Nc3ccccc3F)CC2)ccn1. The molecular formula is C19H23FN4O2. The third-order valence-corrected chi connectivity index (χ3v) is 4.39. The Kier molecular flexibility index (Phi) is 6.14. The lowest BCUT2D eigenvalue weighted by molar-refractivity contribution is -0.117. The maximum absolute atomic E-state index is 13.6. The fraction of sp³-hybridized carbons (Fsp3) is 0.368. The Hall–Kier alpha value is -2.51. The number of ether oxygens (including phenoxy) is 1. The molecule has 0 atom stereocenters. The average Bonchev–Trinajstić information content (AvgIpc) is 2.65. The molecule has 2 heterocycles. The lowest BCUT2D eigenvalue weighted by Gasteiger charge is -2.34. The summed E-state index contributed by atoms with van der Waals surface area (Å²) < 4.78 is 18.7. The van der Waals surface area contributed by atoms with E-state index in [9.17, 15) is 9.18 Å². The Labute approximate surface area is 152 Å². The molecule has 0 bridgehead atoms. The van der Waals surface area contributed by atoms with E-state index in [-0.39, 0.29) is 18.1 Å². The number of halogens is 1. The number of para-hydroxylation sites is 1. The van der Waals surface area contributed by atoms with Gasteiger partial charge >= 0.3 is 0 Å². The first-order chi connectivity index (χ1) is 12.6. The summed E-state index contributed by atoms with van der Waals surface area (Å²) in [4.78, 5) is 20.7. The number of piperazine rings is 1. The summed E-state index contributed by atoms with van der Waals surface area (Å²) in [7, 11) is 1.61. The van der Waals surface area contributed by atoms with Crippen LogP contribution in [0.3, 0.4) is 0 Å². The van der Waals surface area contributed by atoms with Gasteiger partial charge in [0.2, 0.25) is 11.8 Å². The van der Waals surface area contributed by atoms with E-state index in [1.807, 2.05) is 12.1 Å². The van der Waals surface area contributed by atoms with E-state index in [1.54, 1.807) is 31.5 Å². The van der Waals surface area contributed by atoms with Gasteiger partial charge in [0.05, 0.1) is 19.3 Å². The van der Waals surface area contributed by atoms with Crippen LogP contribution in [0.25, 0.3) is 0 Å². The predicted octanol–water partition coefficient (Wildman–Crippen LogP) is 1.99. The molecule has 26 heavy (non-hydrogen) atoms. The smallest absolute Gasteiger partial charge is 0.238 e. The molecule has 138 valence electrons. The molecule has 1 aliphatic rings. The zero-order valence-corrected chi connectivity index (χ0v) is 14.8. The molecule has 1 aliphatic heterocycles. The van der Waals surface area contributed by atoms with Gasteiger partial charge in [0.25, 0.3) is 0 Å². The lowest BCUT2D eigenvalue weighted by Crippen LogP contribution is -2.48. The van der Waals surface area contributed by atoms with Crippen LogP contribution in [0.15, 0.2) is 42.6 Å². The Morgan fingerprint density at radius 3 is 2.65 bits per heavy atom. The summed E-state index contributed by atoms with van der Waals surface area (Å²) in [6, 6.07) is 10.1. The number of amides is 1. The monoisotopic (exact) mass is 358 g/mol. The van der Waals surface area contributed by atoms with Crippen LogP contribution in [0.4, 0.5) is 10.1 Å². The number of nitrogens with one attached hydrogen (secondary N) is 1. The molecule has 0 aliphatic carbocycles. The maximum atomic E-state index is 13.6. The number of hydrogen-bond donors (Lipinski definition) is 1. The number of carbonyl (C=O) groups excluding carboxylic acids is 1. The third kappa shape index (κ3) is 5.00. The quantitative estimate of drug-likeness (QED) is 0.856. The standard InChI is InChI=1S/C19H23FN4O2/c1-26-19-12-15(6-7-21-19)13-23-8-10-24(11-9-23)14-18(25)22-17-5-3-2-4-16(17)20/h2-7,12H,8-11,13-14H2,1H3,(H,22,25). The number of pyridine rings is 1. The number of hydrogen-bond acceptors (Lipinski definition) is 5. The predicted molar refractivity (Wildman–Crippen MR) is 97.5 cm³/mol. The van der Waals surface area contributed by atoms with Crippen molar-refractivity contribution in [3.05, 3.63) is 54.0 Å². The van der Waals surface area contributed by atoms with Crippen LogP contribution in [-0.4, -0.2) is 60.5 Å². The Bertz CT molecular complexity index is 748. The van der Waals surface area contributed by atoms with Gasteiger partial charge in [-0.1, -0.05) is 12.1 Å². The zero-order valence-electron chi connectivity index (χ0n) is 14.8. The van der Waals surface area contributed by atoms with Gasteiger partial charge in [0, 0.05) is 45.0 Å². The van der Waals surface area contributed by atoms with Crippen molar-refractivity contribution in [1.29, 1.82) is 0 Å². The molecule has 0 radical (unpaired) electrons. The van der Waals surface area contributed by atoms with Crippen molar-refractivity contribution in [3.8, 4) is 5.88 Å². The van der Waals surface area contributed by atoms with Crippen molar-refractivity contribution in [2.24, 2.45) is 0 Å². The summed E-state index contributed by atoms with van der Waals surface area (Å²) in [5, 5.41) is 2.63. The number of rotatable bonds is 6. The van der Waals surface area contributed by atoms with E-state index in [4.69, 9.17) is 4.74 Å². The summed E-state index contributed by atoms with van der Waals surface area (Å²) >= 11 is 0. The third-order valence-electron chi connectivity index (χ3n) is 4.39. The molecule has 3 rings (SSSR count). The molecular weight excluding hydrogens is 335 g/mol. The van der Waals surface area contributed by atoms with Gasteiger partial charge in [0.1, 0.15) is 5.82 Å². The van der Waals surface area contributed by atoms with Crippen LogP contribution >= 0.6 is 0 Å². The number of carbonyl (C=O) groups is 1. The fourth-order valence-corrected chi connectivity index (χ4v) is 2.98. The van der Waals surface area contributed by atoms with E-state index in [0.717, 1.165) is 38.3 Å². The number of nitrogens with zero attached hydrogens (tertiary/aromatic N) is 3. The van der Waals surface area contributed by atoms with Gasteiger partial charge in [-0.05, 0) is 23.8 Å². The Morgan fingerprint density at radius 2 is 1.92 bits per heavy atom. The molecule has 1 aromatic carbocycles. The molecule has 1 amide bonds. The fourth-order valence-electron chi connectivity index (χ4n) is 2.98. The number of anilines is 1. The Balaban J connectivity index is 1.44. The zero-order chi connectivity index (χ0) is 18.4. The van der Waals surface area contributed by atoms with Crippen LogP contribution in [0, 0.1) is 5.82 Å². The van der Waals surface area contributed by atoms with E-state index in [1.165, 1.54) is 6.07 Å². The average molecular weight is 358 g/mol. The van der Waals surface area contributed by atoms with Crippen LogP contribution in [0.1, 0.15) is 5.56 Å². The number of aromatic nitrogens is 1. The van der Waals surface area contributed by atoms with Crippen LogP contribution in [0.5, 0.6) is 5.88 Å². The van der Waals surface area contributed by atoms with Gasteiger partial charge in [0.15, 0.2) is 0 Å². The van der Waals surface area contributed by atoms with E-state index >= 15 is 0 Å². The minimum absolute atomic E-state index is 0.192. The second kappa shape index (κ2) is 8.73. The van der Waals surface area contributed by atoms with Crippen LogP contribution in [-0.2, 0) is 11.3 Å². The molecule has 1 fully saturated rings. The van der Waals surface area contributed by atoms with E-state index in [2.05, 4.69) is 20.1 Å². The van der Waals surface area contributed by atoms with Gasteiger partial charge in [-0.15, -0.1) is 0 Å². The molecule has 0 spiro atoms. The molecule has 1 saturated heterocycles. The van der Waals surface area contributed by atoms with Crippen LogP contribution < -0.4 is 10.1 Å². The topological polar surface area (TPSA) is 57.7 Å². The number of benzene rings is 1. The lowest BCUT2D eigenvalue weighted by atomic mass is 10.2. The largest absolute Gasteiger partial charge is 0.481 e. The van der Waals surface area contributed by atoms with Gasteiger partial charge in [-0.25, -0.2) is 9.37 Å². The van der Waals surface area contributed by atoms with Crippen molar-refractivity contribution in [1.82, 2.24) is 14.8 Å². The summed E-state index contributed by atoms with van der Waals surface area (Å²) in [6.45, 7) is 4.44. The summed E-state index contributed by atoms with van der Waals surface area (Å²) in [5.74, 6) is 0.00631. The second-order valence-electron chi connectivity index (χ2n) is 6.29. The normalized spacial score (nSPS) is 15.6. The van der Waals surface area contributed by atoms with Crippen molar-refractivity contribution >= 4 is 11.6 Å². The minimum atomic E-state index is -0.418. The van der Waals surface area contributed by atoms with Crippen LogP contribution in [0.2, 0.25) is 0 Å². The number of methoxy groups -OCH3 is 1. The molecule has 1 N–H and O–H groups in total. The van der Waals surface area contributed by atoms with Gasteiger partial charge in [-0.3, -0.25) is 14.6 Å². The molecule has 0 saturated carbocycles. The van der Waals surface area contributed by atoms with Crippen molar-refractivity contribution in [3.63, 3.8) is 0 Å². The van der Waals surface area contributed by atoms with Gasteiger partial charge in [-0.2, -0.15) is 0 Å². The summed E-state index contributed by atoms with van der Waals surface area (Å²) in [5.41, 5.74) is 1.38. The Morgan fingerprint density at radius 1 is 1.19 bits per heavy atom. The van der Waals surface area contributed by atoms with Crippen molar-refractivity contribution < 1.29 is 13.9 Å². The minimum Gasteiger partial charge on any atom is -0.481 e. The molecule has 6 nitrogen and oxygen atoms in total. The van der Waals surface area contributed by atoms with E-state index < -0.39 is 5.82 Å². The highest BCUT2D eigenvalue weighted by atomic mass is 19.1. The van der Waals surface area contributed by atoms with E-state index in [0.29, 0.717) is 5.88 Å². The van der Waals surface area contributed by atoms with Crippen molar-refractivity contribution in [2.45, 2.75) is 6.54 Å². The first-order valence-corrected chi connectivity index (χ1v) is 8.62. The molecule has 2 aromatic rings. The molecule has 1 aromatic heterocycles. The maximum Gasteiger partial charge on any atom is 0.238 e.